The Bertz CT molecular complexity index is 590. The molecule has 0 saturated heterocycles. The number of carboxylic acid groups (broad SMARTS) is 1. The average molecular weight is 336 g/mol. The number of ether oxygens (including phenoxy) is 1. The Balaban J connectivity index is 2.60. The van der Waals surface area contributed by atoms with Gasteiger partial charge in [0.15, 0.2) is 6.04 Å². The normalized spacial score (nSPS) is 12.2. The Labute approximate surface area is 141 Å². The number of aliphatic carboxylic acids is 1. The van der Waals surface area contributed by atoms with E-state index in [1.807, 2.05) is 0 Å². The van der Waals surface area contributed by atoms with Crippen molar-refractivity contribution in [3.8, 4) is 5.75 Å². The quantitative estimate of drug-likeness (QED) is 0.700. The first-order valence-electron chi connectivity index (χ1n) is 7.59. The van der Waals surface area contributed by atoms with Gasteiger partial charge in [0.2, 0.25) is 11.8 Å². The number of rotatable bonds is 7. The van der Waals surface area contributed by atoms with Crippen LogP contribution in [-0.4, -0.2) is 36.5 Å². The van der Waals surface area contributed by atoms with Gasteiger partial charge in [-0.25, -0.2) is 4.79 Å². The molecule has 0 fully saturated rings. The predicted octanol–water partition coefficient (Wildman–Crippen LogP) is 1.49. The lowest BCUT2D eigenvalue weighted by Crippen LogP contribution is -2.39. The Hall–Kier alpha value is -2.57. The van der Waals surface area contributed by atoms with Gasteiger partial charge in [0.1, 0.15) is 5.75 Å². The fourth-order valence-electron chi connectivity index (χ4n) is 1.87. The van der Waals surface area contributed by atoms with Crippen LogP contribution in [0.5, 0.6) is 5.75 Å². The van der Waals surface area contributed by atoms with Crippen LogP contribution >= 0.6 is 0 Å². The number of carboxylic acids is 1. The summed E-state index contributed by atoms with van der Waals surface area (Å²) in [5.41, 5.74) is -0.0984. The molecular formula is C17H24N2O5. The van der Waals surface area contributed by atoms with Crippen LogP contribution in [0.3, 0.4) is 0 Å². The van der Waals surface area contributed by atoms with E-state index in [0.29, 0.717) is 11.3 Å². The maximum atomic E-state index is 11.9. The molecule has 0 saturated carbocycles. The second-order valence-electron chi connectivity index (χ2n) is 6.37. The van der Waals surface area contributed by atoms with Gasteiger partial charge in [-0.05, 0) is 17.7 Å². The lowest BCUT2D eigenvalue weighted by molar-refractivity contribution is -0.142. The van der Waals surface area contributed by atoms with Gasteiger partial charge in [0, 0.05) is 18.4 Å². The smallest absolute Gasteiger partial charge is 0.330 e. The summed E-state index contributed by atoms with van der Waals surface area (Å²) in [5.74, 6) is -1.18. The van der Waals surface area contributed by atoms with Crippen molar-refractivity contribution < 1.29 is 24.2 Å². The average Bonchev–Trinajstić information content (AvgIpc) is 2.51. The highest BCUT2D eigenvalue weighted by Gasteiger charge is 2.23. The lowest BCUT2D eigenvalue weighted by atomic mass is 9.96. The zero-order valence-corrected chi connectivity index (χ0v) is 14.4. The summed E-state index contributed by atoms with van der Waals surface area (Å²) < 4.78 is 5.02. The number of hydrogen-bond donors (Lipinski definition) is 3. The van der Waals surface area contributed by atoms with E-state index in [0.717, 1.165) is 0 Å². The van der Waals surface area contributed by atoms with E-state index in [1.165, 1.54) is 7.11 Å². The number of carbonyl (C=O) groups is 3. The second kappa shape index (κ2) is 8.33. The first kappa shape index (κ1) is 19.5. The van der Waals surface area contributed by atoms with Gasteiger partial charge in [-0.3, -0.25) is 9.59 Å². The van der Waals surface area contributed by atoms with E-state index in [-0.39, 0.29) is 18.9 Å². The van der Waals surface area contributed by atoms with Gasteiger partial charge < -0.3 is 20.5 Å². The molecule has 24 heavy (non-hydrogen) atoms. The zero-order valence-electron chi connectivity index (χ0n) is 14.4. The van der Waals surface area contributed by atoms with E-state index in [1.54, 1.807) is 45.0 Å². The molecule has 2 amide bonds. The van der Waals surface area contributed by atoms with E-state index in [4.69, 9.17) is 4.74 Å². The van der Waals surface area contributed by atoms with E-state index in [9.17, 15) is 19.5 Å². The molecule has 3 N–H and O–H groups in total. The molecule has 0 aromatic heterocycles. The summed E-state index contributed by atoms with van der Waals surface area (Å²) in [6.07, 6.45) is 0.00174. The minimum absolute atomic E-state index is 0.00174. The van der Waals surface area contributed by atoms with Gasteiger partial charge >= 0.3 is 5.97 Å². The van der Waals surface area contributed by atoms with Crippen LogP contribution in [0.1, 0.15) is 38.8 Å². The molecular weight excluding hydrogens is 312 g/mol. The molecule has 1 aromatic carbocycles. The highest BCUT2D eigenvalue weighted by atomic mass is 16.5. The molecule has 1 atom stereocenters. The summed E-state index contributed by atoms with van der Waals surface area (Å²) in [6.45, 7) is 5.46. The van der Waals surface area contributed by atoms with Gasteiger partial charge in [-0.1, -0.05) is 32.9 Å². The Morgan fingerprint density at radius 3 is 2.21 bits per heavy atom. The van der Waals surface area contributed by atoms with Gasteiger partial charge in [0.05, 0.1) is 7.11 Å². The summed E-state index contributed by atoms with van der Waals surface area (Å²) >= 11 is 0. The zero-order chi connectivity index (χ0) is 18.3. The van der Waals surface area contributed by atoms with Crippen LogP contribution in [0.25, 0.3) is 0 Å². The third-order valence-corrected chi connectivity index (χ3v) is 3.32. The molecule has 7 nitrogen and oxygen atoms in total. The maximum absolute atomic E-state index is 11.9. The van der Waals surface area contributed by atoms with Gasteiger partial charge in [0.25, 0.3) is 0 Å². The maximum Gasteiger partial charge on any atom is 0.330 e. The molecule has 1 rings (SSSR count). The third-order valence-electron chi connectivity index (χ3n) is 3.32. The Morgan fingerprint density at radius 2 is 1.75 bits per heavy atom. The van der Waals surface area contributed by atoms with Crippen molar-refractivity contribution in [3.05, 3.63) is 29.8 Å². The van der Waals surface area contributed by atoms with Crippen LogP contribution in [0.4, 0.5) is 0 Å². The highest BCUT2D eigenvalue weighted by Crippen LogP contribution is 2.18. The fraction of sp³-hybridized carbons (Fsp3) is 0.471. The number of hydrogen-bond acceptors (Lipinski definition) is 4. The molecule has 0 radical (unpaired) electrons. The molecule has 1 aromatic rings. The first-order valence-corrected chi connectivity index (χ1v) is 7.59. The van der Waals surface area contributed by atoms with E-state index >= 15 is 0 Å². The van der Waals surface area contributed by atoms with Crippen LogP contribution in [0.2, 0.25) is 0 Å². The molecule has 0 aliphatic carbocycles. The number of benzene rings is 1. The van der Waals surface area contributed by atoms with E-state index in [2.05, 4.69) is 10.6 Å². The number of carbonyl (C=O) groups excluding carboxylic acids is 2. The molecule has 1 unspecified atom stereocenters. The van der Waals surface area contributed by atoms with Crippen molar-refractivity contribution in [2.45, 2.75) is 33.2 Å². The fourth-order valence-corrected chi connectivity index (χ4v) is 1.87. The number of methoxy groups -OCH3 is 1. The number of amides is 2. The van der Waals surface area contributed by atoms with Gasteiger partial charge in [-0.15, -0.1) is 0 Å². The largest absolute Gasteiger partial charge is 0.497 e. The molecule has 7 heteroatoms. The Morgan fingerprint density at radius 1 is 1.17 bits per heavy atom. The topological polar surface area (TPSA) is 105 Å². The van der Waals surface area contributed by atoms with Crippen molar-refractivity contribution in [2.75, 3.05) is 13.7 Å². The molecule has 0 spiro atoms. The van der Waals surface area contributed by atoms with Crippen molar-refractivity contribution in [2.24, 2.45) is 5.41 Å². The van der Waals surface area contributed by atoms with Gasteiger partial charge in [-0.2, -0.15) is 0 Å². The van der Waals surface area contributed by atoms with Crippen LogP contribution in [0.15, 0.2) is 24.3 Å². The minimum atomic E-state index is -1.16. The summed E-state index contributed by atoms with van der Waals surface area (Å²) in [7, 11) is 1.51. The van der Waals surface area contributed by atoms with Crippen molar-refractivity contribution >= 4 is 17.8 Å². The monoisotopic (exact) mass is 336 g/mol. The second-order valence-corrected chi connectivity index (χ2v) is 6.37. The molecule has 0 bridgehead atoms. The molecule has 0 aliphatic rings. The van der Waals surface area contributed by atoms with Crippen LogP contribution in [-0.2, 0) is 14.4 Å². The molecule has 0 heterocycles. The molecule has 0 aliphatic heterocycles. The number of nitrogens with one attached hydrogen (secondary N) is 2. The third kappa shape index (κ3) is 5.91. The summed E-state index contributed by atoms with van der Waals surface area (Å²) in [4.78, 5) is 35.0. The standard InChI is InChI=1S/C17H24N2O5/c1-17(2,3)16(23)18-10-9-13(20)19-14(15(21)22)11-5-7-12(24-4)8-6-11/h5-8,14H,9-10H2,1-4H3,(H,18,23)(H,19,20)(H,21,22). The summed E-state index contributed by atoms with van der Waals surface area (Å²) in [6, 6.07) is 5.27. The first-order chi connectivity index (χ1) is 11.1. The van der Waals surface area contributed by atoms with Crippen molar-refractivity contribution in [1.29, 1.82) is 0 Å². The van der Waals surface area contributed by atoms with Crippen LogP contribution < -0.4 is 15.4 Å². The highest BCUT2D eigenvalue weighted by molar-refractivity contribution is 5.85. The van der Waals surface area contributed by atoms with Crippen LogP contribution in [0, 0.1) is 5.41 Å². The molecule has 132 valence electrons. The van der Waals surface area contributed by atoms with Crippen molar-refractivity contribution in [1.82, 2.24) is 10.6 Å². The predicted molar refractivity (Wildman–Crippen MR) is 88.6 cm³/mol. The minimum Gasteiger partial charge on any atom is -0.497 e. The SMILES string of the molecule is COc1ccc(C(NC(=O)CCNC(=O)C(C)(C)C)C(=O)O)cc1. The summed E-state index contributed by atoms with van der Waals surface area (Å²) in [5, 5.41) is 14.4. The van der Waals surface area contributed by atoms with E-state index < -0.39 is 23.3 Å². The Kier molecular flexibility index (Phi) is 6.76. The lowest BCUT2D eigenvalue weighted by Gasteiger charge is -2.18. The van der Waals surface area contributed by atoms with Crippen molar-refractivity contribution in [3.63, 3.8) is 0 Å².